The second-order valence-corrected chi connectivity index (χ2v) is 3.85. The van der Waals surface area contributed by atoms with Crippen molar-refractivity contribution >= 4 is 10.9 Å². The van der Waals surface area contributed by atoms with Gasteiger partial charge in [0.1, 0.15) is 5.75 Å². The normalized spacial score (nSPS) is 11.1. The second-order valence-electron chi connectivity index (χ2n) is 3.85. The lowest BCUT2D eigenvalue weighted by atomic mass is 10.1. The van der Waals surface area contributed by atoms with Gasteiger partial charge in [0.25, 0.3) is 0 Å². The maximum atomic E-state index is 9.37. The first-order valence-corrected chi connectivity index (χ1v) is 5.22. The van der Waals surface area contributed by atoms with Crippen LogP contribution < -0.4 is 5.73 Å². The number of hydrogen-bond acceptors (Lipinski definition) is 2. The van der Waals surface area contributed by atoms with Crippen LogP contribution in [0.3, 0.4) is 0 Å². The van der Waals surface area contributed by atoms with E-state index in [0.717, 1.165) is 18.4 Å². The Morgan fingerprint density at radius 2 is 2.20 bits per heavy atom. The summed E-state index contributed by atoms with van der Waals surface area (Å²) in [7, 11) is 0. The summed E-state index contributed by atoms with van der Waals surface area (Å²) in [5, 5.41) is 10.6. The fourth-order valence-corrected chi connectivity index (χ4v) is 1.98. The third kappa shape index (κ3) is 1.83. The number of rotatable bonds is 3. The van der Waals surface area contributed by atoms with Crippen LogP contribution in [-0.4, -0.2) is 16.6 Å². The highest BCUT2D eigenvalue weighted by molar-refractivity contribution is 5.85. The maximum Gasteiger partial charge on any atom is 0.117 e. The van der Waals surface area contributed by atoms with Crippen LogP contribution in [0, 0.1) is 6.92 Å². The van der Waals surface area contributed by atoms with E-state index in [9.17, 15) is 5.11 Å². The largest absolute Gasteiger partial charge is 0.508 e. The molecule has 0 unspecified atom stereocenters. The molecule has 0 bridgehead atoms. The number of phenols is 1. The molecule has 0 saturated carbocycles. The van der Waals surface area contributed by atoms with Gasteiger partial charge in [-0.3, -0.25) is 0 Å². The highest BCUT2D eigenvalue weighted by Crippen LogP contribution is 2.26. The molecule has 15 heavy (non-hydrogen) atoms. The molecule has 0 saturated heterocycles. The van der Waals surface area contributed by atoms with Gasteiger partial charge >= 0.3 is 0 Å². The number of nitrogens with one attached hydrogen (secondary N) is 1. The Hall–Kier alpha value is -1.48. The number of aromatic hydroxyl groups is 1. The molecule has 1 heterocycles. The highest BCUT2D eigenvalue weighted by atomic mass is 16.3. The highest BCUT2D eigenvalue weighted by Gasteiger charge is 2.07. The molecule has 0 aliphatic carbocycles. The minimum absolute atomic E-state index is 0.300. The molecule has 0 aliphatic heterocycles. The van der Waals surface area contributed by atoms with Crippen molar-refractivity contribution < 1.29 is 5.11 Å². The quantitative estimate of drug-likeness (QED) is 0.716. The predicted octanol–water partition coefficient (Wildman–Crippen LogP) is 2.07. The number of H-pyrrole nitrogens is 1. The van der Waals surface area contributed by atoms with Gasteiger partial charge in [-0.1, -0.05) is 0 Å². The van der Waals surface area contributed by atoms with Gasteiger partial charge in [-0.15, -0.1) is 0 Å². The Morgan fingerprint density at radius 1 is 1.40 bits per heavy atom. The smallest absolute Gasteiger partial charge is 0.117 e. The van der Waals surface area contributed by atoms with E-state index < -0.39 is 0 Å². The molecule has 0 spiro atoms. The first kappa shape index (κ1) is 10.1. The van der Waals surface area contributed by atoms with Gasteiger partial charge in [-0.05, 0) is 44.0 Å². The summed E-state index contributed by atoms with van der Waals surface area (Å²) in [6, 6.07) is 5.44. The summed E-state index contributed by atoms with van der Waals surface area (Å²) in [5.41, 5.74) is 9.00. The van der Waals surface area contributed by atoms with E-state index in [1.54, 1.807) is 12.1 Å². The van der Waals surface area contributed by atoms with Gasteiger partial charge in [0.05, 0.1) is 0 Å². The van der Waals surface area contributed by atoms with Crippen LogP contribution in [0.5, 0.6) is 5.75 Å². The number of benzene rings is 1. The van der Waals surface area contributed by atoms with Crippen LogP contribution >= 0.6 is 0 Å². The van der Waals surface area contributed by atoms with Gasteiger partial charge in [0.15, 0.2) is 0 Å². The van der Waals surface area contributed by atoms with Crippen LogP contribution in [0.4, 0.5) is 0 Å². The van der Waals surface area contributed by atoms with E-state index in [1.807, 2.05) is 6.07 Å². The number of aromatic amines is 1. The van der Waals surface area contributed by atoms with Crippen LogP contribution in [0.25, 0.3) is 10.9 Å². The molecular weight excluding hydrogens is 188 g/mol. The average molecular weight is 204 g/mol. The van der Waals surface area contributed by atoms with Crippen molar-refractivity contribution in [3.05, 3.63) is 29.5 Å². The molecular formula is C12H16N2O. The molecule has 4 N–H and O–H groups in total. The van der Waals surface area contributed by atoms with Crippen LogP contribution in [0.2, 0.25) is 0 Å². The van der Waals surface area contributed by atoms with E-state index in [2.05, 4.69) is 11.9 Å². The molecule has 2 rings (SSSR count). The summed E-state index contributed by atoms with van der Waals surface area (Å²) in [4.78, 5) is 3.28. The van der Waals surface area contributed by atoms with Gasteiger partial charge in [-0.2, -0.15) is 0 Å². The topological polar surface area (TPSA) is 62.0 Å². The number of nitrogens with two attached hydrogens (primary N) is 1. The summed E-state index contributed by atoms with van der Waals surface area (Å²) in [6.07, 6.45) is 1.99. The summed E-state index contributed by atoms with van der Waals surface area (Å²) < 4.78 is 0. The van der Waals surface area contributed by atoms with Crippen molar-refractivity contribution in [3.8, 4) is 5.75 Å². The number of aryl methyl sites for hydroxylation is 2. The van der Waals surface area contributed by atoms with E-state index in [4.69, 9.17) is 5.73 Å². The molecule has 0 atom stereocenters. The van der Waals surface area contributed by atoms with Crippen LogP contribution in [-0.2, 0) is 6.42 Å². The van der Waals surface area contributed by atoms with Gasteiger partial charge in [0, 0.05) is 22.7 Å². The molecule has 0 aliphatic rings. The van der Waals surface area contributed by atoms with Gasteiger partial charge in [0.2, 0.25) is 0 Å². The summed E-state index contributed by atoms with van der Waals surface area (Å²) in [6.45, 7) is 2.77. The average Bonchev–Trinajstić information content (AvgIpc) is 2.50. The van der Waals surface area contributed by atoms with Gasteiger partial charge < -0.3 is 15.8 Å². The number of fused-ring (bicyclic) bond motifs is 1. The molecule has 2 aromatic rings. The minimum Gasteiger partial charge on any atom is -0.508 e. The van der Waals surface area contributed by atoms with E-state index in [-0.39, 0.29) is 0 Å². The van der Waals surface area contributed by atoms with Crippen molar-refractivity contribution in [1.82, 2.24) is 4.98 Å². The van der Waals surface area contributed by atoms with Crippen LogP contribution in [0.1, 0.15) is 17.7 Å². The lowest BCUT2D eigenvalue weighted by Crippen LogP contribution is -2.00. The van der Waals surface area contributed by atoms with Crippen molar-refractivity contribution in [2.75, 3.05) is 6.54 Å². The fraction of sp³-hybridized carbons (Fsp3) is 0.333. The Labute approximate surface area is 88.9 Å². The first-order chi connectivity index (χ1) is 7.22. The van der Waals surface area contributed by atoms with Crippen molar-refractivity contribution in [2.45, 2.75) is 19.8 Å². The SMILES string of the molecule is Cc1[nH]c2cc(O)ccc2c1CCCN. The molecule has 1 aromatic heterocycles. The van der Waals surface area contributed by atoms with E-state index in [1.165, 1.54) is 16.6 Å². The zero-order valence-electron chi connectivity index (χ0n) is 8.88. The zero-order valence-corrected chi connectivity index (χ0v) is 8.88. The van der Waals surface area contributed by atoms with Crippen molar-refractivity contribution in [2.24, 2.45) is 5.73 Å². The van der Waals surface area contributed by atoms with Crippen molar-refractivity contribution in [3.63, 3.8) is 0 Å². The third-order valence-corrected chi connectivity index (χ3v) is 2.73. The van der Waals surface area contributed by atoms with Crippen molar-refractivity contribution in [1.29, 1.82) is 0 Å². The monoisotopic (exact) mass is 204 g/mol. The molecule has 0 fully saturated rings. The molecule has 3 heteroatoms. The Kier molecular flexibility index (Phi) is 2.64. The van der Waals surface area contributed by atoms with Crippen LogP contribution in [0.15, 0.2) is 18.2 Å². The molecule has 3 nitrogen and oxygen atoms in total. The first-order valence-electron chi connectivity index (χ1n) is 5.22. The third-order valence-electron chi connectivity index (χ3n) is 2.73. The number of aromatic nitrogens is 1. The molecule has 0 amide bonds. The Bertz CT molecular complexity index is 474. The predicted molar refractivity (Wildman–Crippen MR) is 62.1 cm³/mol. The molecule has 80 valence electrons. The standard InChI is InChI=1S/C12H16N2O/c1-8-10(3-2-6-13)11-5-4-9(15)7-12(11)14-8/h4-5,7,14-15H,2-3,6,13H2,1H3. The summed E-state index contributed by atoms with van der Waals surface area (Å²) in [5.74, 6) is 0.300. The van der Waals surface area contributed by atoms with Gasteiger partial charge in [-0.25, -0.2) is 0 Å². The number of hydrogen-bond donors (Lipinski definition) is 3. The maximum absolute atomic E-state index is 9.37. The molecule has 0 radical (unpaired) electrons. The lowest BCUT2D eigenvalue weighted by molar-refractivity contribution is 0.476. The number of phenolic OH excluding ortho intramolecular Hbond substituents is 1. The Balaban J connectivity index is 2.48. The summed E-state index contributed by atoms with van der Waals surface area (Å²) >= 11 is 0. The fourth-order valence-electron chi connectivity index (χ4n) is 1.98. The lowest BCUT2D eigenvalue weighted by Gasteiger charge is -1.99. The minimum atomic E-state index is 0.300. The Morgan fingerprint density at radius 3 is 2.93 bits per heavy atom. The molecule has 1 aromatic carbocycles. The zero-order chi connectivity index (χ0) is 10.8. The second kappa shape index (κ2) is 3.95. The van der Waals surface area contributed by atoms with E-state index >= 15 is 0 Å². The van der Waals surface area contributed by atoms with E-state index in [0.29, 0.717) is 12.3 Å².